The fraction of sp³-hybridized carbons (Fsp3) is 0.214. The largest absolute Gasteiger partial charge is 0.377 e. The van der Waals surface area contributed by atoms with E-state index in [0.717, 1.165) is 5.39 Å². The van der Waals surface area contributed by atoms with E-state index >= 15 is 0 Å². The topological polar surface area (TPSA) is 83.3 Å². The molecule has 0 spiro atoms. The van der Waals surface area contributed by atoms with Crippen LogP contribution >= 0.6 is 0 Å². The summed E-state index contributed by atoms with van der Waals surface area (Å²) in [5, 5.41) is 15.9. The molecule has 0 N–H and O–H groups in total. The summed E-state index contributed by atoms with van der Waals surface area (Å²) in [7, 11) is 1.57. The molecule has 0 saturated carbocycles. The molecular formula is C14H13N3O4. The van der Waals surface area contributed by atoms with Crippen LogP contribution in [0.15, 0.2) is 41.1 Å². The van der Waals surface area contributed by atoms with Gasteiger partial charge >= 0.3 is 0 Å². The Kier molecular flexibility index (Phi) is 3.41. The molecule has 21 heavy (non-hydrogen) atoms. The van der Waals surface area contributed by atoms with Crippen LogP contribution in [0.25, 0.3) is 10.9 Å². The van der Waals surface area contributed by atoms with Gasteiger partial charge in [-0.05, 0) is 6.07 Å². The first-order valence-corrected chi connectivity index (χ1v) is 6.34. The average Bonchev–Trinajstić information content (AvgIpc) is 3.07. The molecule has 0 saturated heterocycles. The Morgan fingerprint density at radius 1 is 1.43 bits per heavy atom. The molecule has 0 fully saturated rings. The van der Waals surface area contributed by atoms with E-state index in [1.807, 2.05) is 18.3 Å². The molecule has 0 unspecified atom stereocenters. The number of rotatable bonds is 5. The first-order valence-electron chi connectivity index (χ1n) is 6.34. The summed E-state index contributed by atoms with van der Waals surface area (Å²) in [6.07, 6.45) is 1.81. The highest BCUT2D eigenvalue weighted by molar-refractivity contribution is 5.88. The number of methoxy groups -OCH3 is 1. The molecule has 0 aliphatic heterocycles. The predicted octanol–water partition coefficient (Wildman–Crippen LogP) is 2.73. The van der Waals surface area contributed by atoms with Crippen molar-refractivity contribution in [1.82, 2.24) is 9.72 Å². The van der Waals surface area contributed by atoms with Gasteiger partial charge in [0.25, 0.3) is 5.69 Å². The highest BCUT2D eigenvalue weighted by atomic mass is 16.6. The summed E-state index contributed by atoms with van der Waals surface area (Å²) in [6, 6.07) is 8.65. The van der Waals surface area contributed by atoms with Gasteiger partial charge in [0.1, 0.15) is 17.8 Å². The molecule has 0 amide bonds. The van der Waals surface area contributed by atoms with Crippen LogP contribution in [-0.2, 0) is 17.9 Å². The zero-order valence-corrected chi connectivity index (χ0v) is 11.4. The van der Waals surface area contributed by atoms with E-state index in [0.29, 0.717) is 30.1 Å². The average molecular weight is 287 g/mol. The zero-order chi connectivity index (χ0) is 14.8. The second-order valence-electron chi connectivity index (χ2n) is 4.63. The monoisotopic (exact) mass is 287 g/mol. The lowest BCUT2D eigenvalue weighted by Crippen LogP contribution is -2.00. The van der Waals surface area contributed by atoms with Gasteiger partial charge in [0.2, 0.25) is 0 Å². The van der Waals surface area contributed by atoms with Crippen LogP contribution in [0.5, 0.6) is 0 Å². The van der Waals surface area contributed by atoms with Crippen molar-refractivity contribution in [1.29, 1.82) is 0 Å². The molecular weight excluding hydrogens is 274 g/mol. The number of para-hydroxylation sites is 1. The van der Waals surface area contributed by atoms with Crippen molar-refractivity contribution in [2.75, 3.05) is 7.11 Å². The first kappa shape index (κ1) is 13.3. The van der Waals surface area contributed by atoms with Crippen molar-refractivity contribution in [3.05, 3.63) is 58.1 Å². The summed E-state index contributed by atoms with van der Waals surface area (Å²) >= 11 is 0. The van der Waals surface area contributed by atoms with Crippen molar-refractivity contribution < 1.29 is 14.2 Å². The second kappa shape index (κ2) is 5.37. The van der Waals surface area contributed by atoms with Crippen molar-refractivity contribution >= 4 is 16.6 Å². The minimum absolute atomic E-state index is 0.0816. The number of hydrogen-bond acceptors (Lipinski definition) is 5. The van der Waals surface area contributed by atoms with Crippen molar-refractivity contribution in [2.24, 2.45) is 0 Å². The van der Waals surface area contributed by atoms with Gasteiger partial charge in [-0.1, -0.05) is 17.3 Å². The van der Waals surface area contributed by atoms with Gasteiger partial charge in [-0.15, -0.1) is 0 Å². The maximum Gasteiger partial charge on any atom is 0.293 e. The fourth-order valence-corrected chi connectivity index (χ4v) is 2.34. The third-order valence-electron chi connectivity index (χ3n) is 3.19. The van der Waals surface area contributed by atoms with Gasteiger partial charge in [-0.3, -0.25) is 10.1 Å². The molecule has 2 aromatic heterocycles. The summed E-state index contributed by atoms with van der Waals surface area (Å²) in [4.78, 5) is 10.8. The van der Waals surface area contributed by atoms with E-state index in [-0.39, 0.29) is 10.6 Å². The summed E-state index contributed by atoms with van der Waals surface area (Å²) in [5.41, 5.74) is 1.36. The third kappa shape index (κ3) is 2.50. The van der Waals surface area contributed by atoms with E-state index in [4.69, 9.17) is 9.26 Å². The maximum absolute atomic E-state index is 11.1. The number of aromatic nitrogens is 2. The Bertz CT molecular complexity index is 790. The summed E-state index contributed by atoms with van der Waals surface area (Å²) < 4.78 is 11.9. The van der Waals surface area contributed by atoms with Crippen molar-refractivity contribution in [2.45, 2.75) is 13.2 Å². The molecule has 3 rings (SSSR count). The van der Waals surface area contributed by atoms with Crippen LogP contribution in [0.4, 0.5) is 5.69 Å². The van der Waals surface area contributed by atoms with Crippen LogP contribution in [0.1, 0.15) is 11.5 Å². The molecule has 2 heterocycles. The lowest BCUT2D eigenvalue weighted by atomic mass is 10.2. The van der Waals surface area contributed by atoms with E-state index in [2.05, 4.69) is 5.16 Å². The Morgan fingerprint density at radius 2 is 2.29 bits per heavy atom. The standard InChI is InChI=1S/C14H13N3O4/c1-20-9-12-7-11(15-21-12)8-16-6-5-10-3-2-4-13(14(10)16)17(18)19/h2-7H,8-9H2,1H3. The Hall–Kier alpha value is -2.67. The van der Waals surface area contributed by atoms with E-state index in [1.165, 1.54) is 6.07 Å². The highest BCUT2D eigenvalue weighted by Crippen LogP contribution is 2.27. The Balaban J connectivity index is 1.98. The van der Waals surface area contributed by atoms with Crippen molar-refractivity contribution in [3.8, 4) is 0 Å². The minimum atomic E-state index is -0.377. The molecule has 7 heteroatoms. The smallest absolute Gasteiger partial charge is 0.293 e. The second-order valence-corrected chi connectivity index (χ2v) is 4.63. The summed E-state index contributed by atoms with van der Waals surface area (Å²) in [6.45, 7) is 0.751. The maximum atomic E-state index is 11.1. The SMILES string of the molecule is COCc1cc(Cn2ccc3cccc([N+](=O)[O-])c32)no1. The summed E-state index contributed by atoms with van der Waals surface area (Å²) in [5.74, 6) is 0.624. The van der Waals surface area contributed by atoms with Gasteiger partial charge in [-0.2, -0.15) is 0 Å². The number of nitro benzene ring substituents is 1. The number of nitro groups is 1. The van der Waals surface area contributed by atoms with Crippen LogP contribution in [0.3, 0.4) is 0 Å². The number of hydrogen-bond donors (Lipinski definition) is 0. The quantitative estimate of drug-likeness (QED) is 0.532. The van der Waals surface area contributed by atoms with E-state index in [9.17, 15) is 10.1 Å². The number of nitrogens with zero attached hydrogens (tertiary/aromatic N) is 3. The minimum Gasteiger partial charge on any atom is -0.377 e. The van der Waals surface area contributed by atoms with Gasteiger partial charge in [0.05, 0.1) is 11.5 Å². The lowest BCUT2D eigenvalue weighted by Gasteiger charge is -2.03. The van der Waals surface area contributed by atoms with E-state index < -0.39 is 0 Å². The van der Waals surface area contributed by atoms with Crippen molar-refractivity contribution in [3.63, 3.8) is 0 Å². The molecule has 0 bridgehead atoms. The van der Waals surface area contributed by atoms with Crippen LogP contribution in [-0.4, -0.2) is 21.8 Å². The van der Waals surface area contributed by atoms with Gasteiger partial charge < -0.3 is 13.8 Å². The molecule has 3 aromatic rings. The zero-order valence-electron chi connectivity index (χ0n) is 11.4. The number of non-ortho nitro benzene ring substituents is 1. The van der Waals surface area contributed by atoms with Crippen LogP contribution in [0, 0.1) is 10.1 Å². The first-order chi connectivity index (χ1) is 10.2. The molecule has 0 atom stereocenters. The van der Waals surface area contributed by atoms with E-state index in [1.54, 1.807) is 23.8 Å². The fourth-order valence-electron chi connectivity index (χ4n) is 2.34. The van der Waals surface area contributed by atoms with Gasteiger partial charge in [0.15, 0.2) is 5.76 Å². The normalized spacial score (nSPS) is 11.1. The molecule has 108 valence electrons. The van der Waals surface area contributed by atoms with Gasteiger partial charge in [0, 0.05) is 30.8 Å². The highest BCUT2D eigenvalue weighted by Gasteiger charge is 2.16. The Morgan fingerprint density at radius 3 is 3.05 bits per heavy atom. The number of ether oxygens (including phenoxy) is 1. The number of benzene rings is 1. The predicted molar refractivity (Wildman–Crippen MR) is 74.9 cm³/mol. The molecule has 0 aliphatic rings. The molecule has 1 aromatic carbocycles. The van der Waals surface area contributed by atoms with Crippen LogP contribution < -0.4 is 0 Å². The lowest BCUT2D eigenvalue weighted by molar-refractivity contribution is -0.383. The van der Waals surface area contributed by atoms with Crippen LogP contribution in [0.2, 0.25) is 0 Å². The molecule has 7 nitrogen and oxygen atoms in total. The molecule has 0 radical (unpaired) electrons. The third-order valence-corrected chi connectivity index (χ3v) is 3.19. The Labute approximate surface area is 119 Å². The van der Waals surface area contributed by atoms with Gasteiger partial charge in [-0.25, -0.2) is 0 Å². The number of fused-ring (bicyclic) bond motifs is 1. The molecule has 0 aliphatic carbocycles.